The number of imidazole rings is 1. The van der Waals surface area contributed by atoms with Crippen molar-refractivity contribution >= 4 is 34.6 Å². The normalized spacial score (nSPS) is 13.6. The van der Waals surface area contributed by atoms with Crippen LogP contribution >= 0.6 is 0 Å². The van der Waals surface area contributed by atoms with E-state index < -0.39 is 47.9 Å². The highest BCUT2D eigenvalue weighted by Gasteiger charge is 2.31. The van der Waals surface area contributed by atoms with Crippen LogP contribution in [0.5, 0.6) is 5.75 Å². The Morgan fingerprint density at radius 3 is 2.02 bits per heavy atom. The molecule has 0 radical (unpaired) electrons. The van der Waals surface area contributed by atoms with Crippen LogP contribution in [0.15, 0.2) is 97.6 Å². The molecule has 3 aromatic carbocycles. The Bertz CT molecular complexity index is 1840. The fourth-order valence-electron chi connectivity index (χ4n) is 5.41. The van der Waals surface area contributed by atoms with Crippen LogP contribution in [-0.4, -0.2) is 73.0 Å². The molecule has 248 valence electrons. The van der Waals surface area contributed by atoms with Crippen LogP contribution in [0.25, 0.3) is 10.9 Å². The van der Waals surface area contributed by atoms with Gasteiger partial charge in [0.1, 0.15) is 23.9 Å². The highest BCUT2D eigenvalue weighted by molar-refractivity contribution is 5.95. The molecule has 0 aliphatic carbocycles. The number of hydrogen-bond acceptors (Lipinski definition) is 7. The number of nitrogens with one attached hydrogen (secondary N) is 5. The molecule has 13 heteroatoms. The van der Waals surface area contributed by atoms with E-state index in [0.29, 0.717) is 11.3 Å². The molecule has 2 heterocycles. The Balaban J connectivity index is 1.37. The molecule has 3 amide bonds. The number of aromatic hydroxyl groups is 1. The number of carbonyl (C=O) groups excluding carboxylic acids is 3. The molecule has 5 aromatic rings. The van der Waals surface area contributed by atoms with Gasteiger partial charge in [0.2, 0.25) is 17.7 Å². The number of benzene rings is 3. The number of aliphatic carboxylic acids is 1. The van der Waals surface area contributed by atoms with Gasteiger partial charge in [0.05, 0.1) is 12.4 Å². The lowest BCUT2D eigenvalue weighted by Gasteiger charge is -2.25. The van der Waals surface area contributed by atoms with E-state index in [1.807, 2.05) is 54.6 Å². The summed E-state index contributed by atoms with van der Waals surface area (Å²) >= 11 is 0. The lowest BCUT2D eigenvalue weighted by Crippen LogP contribution is -2.58. The molecule has 2 aromatic heterocycles. The highest BCUT2D eigenvalue weighted by Crippen LogP contribution is 2.20. The average molecular weight is 652 g/mol. The second-order valence-corrected chi connectivity index (χ2v) is 11.5. The number of aromatic amines is 2. The van der Waals surface area contributed by atoms with Gasteiger partial charge in [-0.1, -0.05) is 60.7 Å². The van der Waals surface area contributed by atoms with E-state index in [1.165, 1.54) is 24.7 Å². The third-order valence-corrected chi connectivity index (χ3v) is 7.97. The van der Waals surface area contributed by atoms with Crippen LogP contribution in [0.1, 0.15) is 22.4 Å². The van der Waals surface area contributed by atoms with Crippen LogP contribution in [0, 0.1) is 0 Å². The third-order valence-electron chi connectivity index (χ3n) is 7.97. The summed E-state index contributed by atoms with van der Waals surface area (Å²) in [5, 5.41) is 28.4. The molecule has 4 unspecified atom stereocenters. The number of carbonyl (C=O) groups is 4. The van der Waals surface area contributed by atoms with Crippen molar-refractivity contribution in [2.24, 2.45) is 5.73 Å². The van der Waals surface area contributed by atoms with E-state index in [4.69, 9.17) is 5.73 Å². The van der Waals surface area contributed by atoms with Crippen LogP contribution in [0.3, 0.4) is 0 Å². The van der Waals surface area contributed by atoms with Gasteiger partial charge in [-0.25, -0.2) is 9.78 Å². The second kappa shape index (κ2) is 15.6. The first kappa shape index (κ1) is 33.4. The van der Waals surface area contributed by atoms with Crippen molar-refractivity contribution < 1.29 is 29.4 Å². The SMILES string of the molecule is NC(Cc1ccccc1)C(=O)NC(Cc1c[nH]c2ccccc12)C(=O)NC(Cc1cnc[nH]1)C(=O)NC(Cc1ccc(O)cc1)C(=O)O. The van der Waals surface area contributed by atoms with Gasteiger partial charge in [-0.2, -0.15) is 0 Å². The summed E-state index contributed by atoms with van der Waals surface area (Å²) in [6, 6.07) is 18.1. The Hall–Kier alpha value is -5.95. The van der Waals surface area contributed by atoms with E-state index in [9.17, 15) is 29.4 Å². The Labute approximate surface area is 276 Å². The van der Waals surface area contributed by atoms with Crippen molar-refractivity contribution in [1.82, 2.24) is 30.9 Å². The van der Waals surface area contributed by atoms with Gasteiger partial charge < -0.3 is 41.9 Å². The topological polar surface area (TPSA) is 215 Å². The quantitative estimate of drug-likeness (QED) is 0.0832. The zero-order chi connectivity index (χ0) is 34.0. The molecule has 5 rings (SSSR count). The summed E-state index contributed by atoms with van der Waals surface area (Å²) in [5.41, 5.74) is 9.82. The first-order chi connectivity index (χ1) is 23.2. The maximum atomic E-state index is 14.0. The molecule has 0 aliphatic heterocycles. The van der Waals surface area contributed by atoms with E-state index in [2.05, 4.69) is 30.9 Å². The van der Waals surface area contributed by atoms with Crippen molar-refractivity contribution in [3.8, 4) is 5.75 Å². The van der Waals surface area contributed by atoms with Crippen molar-refractivity contribution in [2.45, 2.75) is 49.9 Å². The van der Waals surface area contributed by atoms with Crippen molar-refractivity contribution in [3.05, 3.63) is 120 Å². The molecule has 0 bridgehead atoms. The zero-order valence-electron chi connectivity index (χ0n) is 25.9. The number of aromatic nitrogens is 3. The molecule has 4 atom stereocenters. The van der Waals surface area contributed by atoms with Crippen molar-refractivity contribution in [1.29, 1.82) is 0 Å². The van der Waals surface area contributed by atoms with Gasteiger partial charge >= 0.3 is 5.97 Å². The predicted molar refractivity (Wildman–Crippen MR) is 178 cm³/mol. The highest BCUT2D eigenvalue weighted by atomic mass is 16.4. The summed E-state index contributed by atoms with van der Waals surface area (Å²) in [5.74, 6) is -3.21. The summed E-state index contributed by atoms with van der Waals surface area (Å²) in [7, 11) is 0. The third kappa shape index (κ3) is 8.85. The van der Waals surface area contributed by atoms with Gasteiger partial charge in [-0.3, -0.25) is 14.4 Å². The summed E-state index contributed by atoms with van der Waals surface area (Å²) < 4.78 is 0. The minimum Gasteiger partial charge on any atom is -0.508 e. The lowest BCUT2D eigenvalue weighted by molar-refractivity contribution is -0.142. The van der Waals surface area contributed by atoms with E-state index >= 15 is 0 Å². The monoisotopic (exact) mass is 651 g/mol. The zero-order valence-corrected chi connectivity index (χ0v) is 25.9. The van der Waals surface area contributed by atoms with Crippen LogP contribution in [-0.2, 0) is 44.9 Å². The number of carboxylic acid groups (broad SMARTS) is 1. The molecule has 0 fully saturated rings. The number of fused-ring (bicyclic) bond motifs is 1. The van der Waals surface area contributed by atoms with Crippen LogP contribution in [0.2, 0.25) is 0 Å². The lowest BCUT2D eigenvalue weighted by atomic mass is 10.0. The molecule has 48 heavy (non-hydrogen) atoms. The number of rotatable bonds is 15. The number of phenols is 1. The van der Waals surface area contributed by atoms with Gasteiger partial charge in [0, 0.05) is 48.3 Å². The predicted octanol–water partition coefficient (Wildman–Crippen LogP) is 1.73. The van der Waals surface area contributed by atoms with Gasteiger partial charge in [0.25, 0.3) is 0 Å². The summed E-state index contributed by atoms with van der Waals surface area (Å²) in [6.07, 6.45) is 4.90. The van der Waals surface area contributed by atoms with Gasteiger partial charge in [0.15, 0.2) is 0 Å². The number of para-hydroxylation sites is 1. The van der Waals surface area contributed by atoms with Gasteiger partial charge in [-0.05, 0) is 41.3 Å². The first-order valence-electron chi connectivity index (χ1n) is 15.4. The number of nitrogens with zero attached hydrogens (tertiary/aromatic N) is 1. The maximum absolute atomic E-state index is 14.0. The molecular formula is C35H37N7O6. The fraction of sp³-hybridized carbons (Fsp3) is 0.229. The number of hydrogen-bond donors (Lipinski definition) is 8. The largest absolute Gasteiger partial charge is 0.508 e. The van der Waals surface area contributed by atoms with Crippen LogP contribution < -0.4 is 21.7 Å². The number of nitrogens with two attached hydrogens (primary N) is 1. The molecule has 0 saturated heterocycles. The fourth-order valence-corrected chi connectivity index (χ4v) is 5.41. The smallest absolute Gasteiger partial charge is 0.326 e. The number of H-pyrrole nitrogens is 2. The summed E-state index contributed by atoms with van der Waals surface area (Å²) in [6.45, 7) is 0. The maximum Gasteiger partial charge on any atom is 0.326 e. The number of amides is 3. The van der Waals surface area contributed by atoms with Crippen LogP contribution in [0.4, 0.5) is 0 Å². The Kier molecular flexibility index (Phi) is 10.8. The van der Waals surface area contributed by atoms with Crippen molar-refractivity contribution in [2.75, 3.05) is 0 Å². The first-order valence-corrected chi connectivity index (χ1v) is 15.4. The average Bonchev–Trinajstić information content (AvgIpc) is 3.75. The minimum atomic E-state index is -1.33. The van der Waals surface area contributed by atoms with E-state index in [0.717, 1.165) is 22.0 Å². The number of phenolic OH excluding ortho intramolecular Hbond substituents is 1. The van der Waals surface area contributed by atoms with Gasteiger partial charge in [-0.15, -0.1) is 0 Å². The molecule has 0 spiro atoms. The summed E-state index contributed by atoms with van der Waals surface area (Å²) in [4.78, 5) is 63.2. The second-order valence-electron chi connectivity index (χ2n) is 11.5. The molecule has 9 N–H and O–H groups in total. The van der Waals surface area contributed by atoms with E-state index in [1.54, 1.807) is 18.3 Å². The minimum absolute atomic E-state index is 0.0206. The standard InChI is InChI=1S/C35H37N7O6/c36-27(14-21-6-2-1-3-7-21)32(44)40-29(16-23-18-38-28-9-5-4-8-26(23)28)33(45)41-30(17-24-19-37-20-39-24)34(46)42-31(35(47)48)15-22-10-12-25(43)13-11-22/h1-13,18-20,27,29-31,38,43H,14-17,36H2,(H,37,39)(H,40,44)(H,41,45)(H,42,46)(H,47,48). The Morgan fingerprint density at radius 2 is 1.33 bits per heavy atom. The molecule has 13 nitrogen and oxygen atoms in total. The number of carboxylic acids is 1. The molecular weight excluding hydrogens is 614 g/mol. The Morgan fingerprint density at radius 1 is 0.708 bits per heavy atom. The molecule has 0 saturated carbocycles. The van der Waals surface area contributed by atoms with E-state index in [-0.39, 0.29) is 31.4 Å². The van der Waals surface area contributed by atoms with Crippen molar-refractivity contribution in [3.63, 3.8) is 0 Å². The molecule has 0 aliphatic rings.